The first kappa shape index (κ1) is 19.9. The second-order valence-electron chi connectivity index (χ2n) is 6.24. The fourth-order valence-electron chi connectivity index (χ4n) is 2.82. The standard InChI is InChI=1S/C20H17Cl2N5OS/c1-2-11-27-19(13-7-9-14(21)10-8-13)24-25-20(27)29-12-17-23-18(26-28-17)15-5-3-4-6-16(15)22/h3-10H,2,11-12H2,1H3. The molecule has 0 atom stereocenters. The first-order chi connectivity index (χ1) is 14.2. The third-order valence-electron chi connectivity index (χ3n) is 4.17. The van der Waals surface area contributed by atoms with Crippen molar-refractivity contribution in [3.05, 3.63) is 64.5 Å². The van der Waals surface area contributed by atoms with Crippen molar-refractivity contribution in [3.8, 4) is 22.8 Å². The van der Waals surface area contributed by atoms with Gasteiger partial charge in [0.15, 0.2) is 11.0 Å². The molecule has 148 valence electrons. The molecule has 0 aliphatic heterocycles. The maximum absolute atomic E-state index is 6.21. The summed E-state index contributed by atoms with van der Waals surface area (Å²) < 4.78 is 7.48. The molecule has 0 bridgehead atoms. The van der Waals surface area contributed by atoms with Gasteiger partial charge in [0, 0.05) is 22.7 Å². The van der Waals surface area contributed by atoms with Gasteiger partial charge in [-0.25, -0.2) is 0 Å². The summed E-state index contributed by atoms with van der Waals surface area (Å²) in [5.41, 5.74) is 1.72. The lowest BCUT2D eigenvalue weighted by Gasteiger charge is -2.08. The number of hydrogen-bond donors (Lipinski definition) is 0. The molecule has 4 rings (SSSR count). The van der Waals surface area contributed by atoms with Crippen LogP contribution in [0.1, 0.15) is 19.2 Å². The van der Waals surface area contributed by atoms with E-state index in [2.05, 4.69) is 31.8 Å². The van der Waals surface area contributed by atoms with Gasteiger partial charge in [0.2, 0.25) is 11.7 Å². The number of thioether (sulfide) groups is 1. The molecule has 6 nitrogen and oxygen atoms in total. The molecule has 0 saturated carbocycles. The minimum absolute atomic E-state index is 0.475. The molecule has 4 aromatic rings. The molecule has 0 radical (unpaired) electrons. The predicted molar refractivity (Wildman–Crippen MR) is 115 cm³/mol. The molecule has 0 N–H and O–H groups in total. The minimum atomic E-state index is 0.475. The monoisotopic (exact) mass is 445 g/mol. The highest BCUT2D eigenvalue weighted by atomic mass is 35.5. The Balaban J connectivity index is 1.53. The molecule has 0 spiro atoms. The maximum atomic E-state index is 6.21. The van der Waals surface area contributed by atoms with Crippen LogP contribution in [0.5, 0.6) is 0 Å². The van der Waals surface area contributed by atoms with Crippen molar-refractivity contribution in [3.63, 3.8) is 0 Å². The fourth-order valence-corrected chi connectivity index (χ4v) is 3.97. The van der Waals surface area contributed by atoms with Crippen molar-refractivity contribution in [2.75, 3.05) is 0 Å². The summed E-state index contributed by atoms with van der Waals surface area (Å²) in [5, 5.41) is 14.9. The van der Waals surface area contributed by atoms with Crippen molar-refractivity contribution in [1.82, 2.24) is 24.9 Å². The van der Waals surface area contributed by atoms with Crippen LogP contribution in [0.15, 0.2) is 58.2 Å². The van der Waals surface area contributed by atoms with Gasteiger partial charge >= 0.3 is 0 Å². The van der Waals surface area contributed by atoms with E-state index < -0.39 is 0 Å². The van der Waals surface area contributed by atoms with Crippen LogP contribution in [0.3, 0.4) is 0 Å². The van der Waals surface area contributed by atoms with Gasteiger partial charge in [-0.05, 0) is 42.8 Å². The van der Waals surface area contributed by atoms with E-state index in [0.29, 0.717) is 27.5 Å². The molecule has 0 aliphatic rings. The third-order valence-corrected chi connectivity index (χ3v) is 5.71. The van der Waals surface area contributed by atoms with Crippen LogP contribution in [0.25, 0.3) is 22.8 Å². The number of aromatic nitrogens is 5. The largest absolute Gasteiger partial charge is 0.338 e. The topological polar surface area (TPSA) is 69.6 Å². The van der Waals surface area contributed by atoms with Crippen molar-refractivity contribution in [2.24, 2.45) is 0 Å². The highest BCUT2D eigenvalue weighted by molar-refractivity contribution is 7.98. The van der Waals surface area contributed by atoms with Gasteiger partial charge in [-0.3, -0.25) is 0 Å². The normalized spacial score (nSPS) is 11.1. The SMILES string of the molecule is CCCn1c(SCc2nc(-c3ccccc3Cl)no2)nnc1-c1ccc(Cl)cc1. The average Bonchev–Trinajstić information content (AvgIpc) is 3.35. The molecule has 29 heavy (non-hydrogen) atoms. The molecule has 0 aliphatic carbocycles. The molecule has 0 unspecified atom stereocenters. The highest BCUT2D eigenvalue weighted by Gasteiger charge is 2.16. The average molecular weight is 446 g/mol. The van der Waals surface area contributed by atoms with Crippen LogP contribution in [0.2, 0.25) is 10.0 Å². The number of rotatable bonds is 7. The second kappa shape index (κ2) is 8.98. The van der Waals surface area contributed by atoms with Crippen molar-refractivity contribution < 1.29 is 4.52 Å². The molecular weight excluding hydrogens is 429 g/mol. The van der Waals surface area contributed by atoms with E-state index in [1.807, 2.05) is 42.5 Å². The Labute approximate surface area is 182 Å². The van der Waals surface area contributed by atoms with E-state index in [0.717, 1.165) is 35.1 Å². The molecule has 9 heteroatoms. The lowest BCUT2D eigenvalue weighted by atomic mass is 10.2. The quantitative estimate of drug-likeness (QED) is 0.324. The summed E-state index contributed by atoms with van der Waals surface area (Å²) in [5.74, 6) is 2.28. The zero-order valence-corrected chi connectivity index (χ0v) is 17.9. The minimum Gasteiger partial charge on any atom is -0.338 e. The molecule has 0 saturated heterocycles. The van der Waals surface area contributed by atoms with Gasteiger partial charge in [0.25, 0.3) is 0 Å². The van der Waals surface area contributed by atoms with Crippen LogP contribution in [0, 0.1) is 0 Å². The van der Waals surface area contributed by atoms with Gasteiger partial charge in [-0.2, -0.15) is 4.98 Å². The van der Waals surface area contributed by atoms with Gasteiger partial charge < -0.3 is 9.09 Å². The Bertz CT molecular complexity index is 1110. The van der Waals surface area contributed by atoms with E-state index in [-0.39, 0.29) is 0 Å². The third kappa shape index (κ3) is 4.47. The Hall–Kier alpha value is -2.35. The van der Waals surface area contributed by atoms with E-state index in [1.54, 1.807) is 6.07 Å². The molecule has 2 aromatic carbocycles. The molecule has 2 aromatic heterocycles. The highest BCUT2D eigenvalue weighted by Crippen LogP contribution is 2.29. The number of hydrogen-bond acceptors (Lipinski definition) is 6. The lowest BCUT2D eigenvalue weighted by Crippen LogP contribution is -2.02. The van der Waals surface area contributed by atoms with Gasteiger partial charge in [0.1, 0.15) is 0 Å². The summed E-state index contributed by atoms with van der Waals surface area (Å²) >= 11 is 13.7. The van der Waals surface area contributed by atoms with Crippen LogP contribution in [-0.4, -0.2) is 24.9 Å². The van der Waals surface area contributed by atoms with E-state index in [4.69, 9.17) is 27.7 Å². The van der Waals surface area contributed by atoms with E-state index in [1.165, 1.54) is 11.8 Å². The van der Waals surface area contributed by atoms with Gasteiger partial charge in [0.05, 0.1) is 10.8 Å². The van der Waals surface area contributed by atoms with Crippen LogP contribution in [-0.2, 0) is 12.3 Å². The second-order valence-corrected chi connectivity index (χ2v) is 8.03. The summed E-state index contributed by atoms with van der Waals surface area (Å²) in [6.45, 7) is 2.93. The predicted octanol–water partition coefficient (Wildman–Crippen LogP) is 6.00. The summed E-state index contributed by atoms with van der Waals surface area (Å²) in [6.07, 6.45) is 0.962. The molecule has 0 amide bonds. The Morgan fingerprint density at radius 2 is 1.83 bits per heavy atom. The van der Waals surface area contributed by atoms with Crippen LogP contribution < -0.4 is 0 Å². The van der Waals surface area contributed by atoms with Crippen molar-refractivity contribution in [1.29, 1.82) is 0 Å². The van der Waals surface area contributed by atoms with Gasteiger partial charge in [-0.1, -0.05) is 59.2 Å². The zero-order valence-electron chi connectivity index (χ0n) is 15.5. The summed E-state index contributed by atoms with van der Waals surface area (Å²) in [4.78, 5) is 4.45. The maximum Gasteiger partial charge on any atom is 0.237 e. The first-order valence-corrected chi connectivity index (χ1v) is 10.8. The zero-order chi connectivity index (χ0) is 20.2. The first-order valence-electron chi connectivity index (χ1n) is 9.05. The van der Waals surface area contributed by atoms with Gasteiger partial charge in [-0.15, -0.1) is 10.2 Å². The van der Waals surface area contributed by atoms with Crippen molar-refractivity contribution in [2.45, 2.75) is 30.8 Å². The number of halogens is 2. The Morgan fingerprint density at radius 1 is 1.03 bits per heavy atom. The summed E-state index contributed by atoms with van der Waals surface area (Å²) in [6, 6.07) is 15.0. The van der Waals surface area contributed by atoms with Crippen LogP contribution >= 0.6 is 35.0 Å². The smallest absolute Gasteiger partial charge is 0.237 e. The fraction of sp³-hybridized carbons (Fsp3) is 0.200. The summed E-state index contributed by atoms with van der Waals surface area (Å²) in [7, 11) is 0. The Morgan fingerprint density at radius 3 is 2.59 bits per heavy atom. The van der Waals surface area contributed by atoms with E-state index in [9.17, 15) is 0 Å². The van der Waals surface area contributed by atoms with E-state index >= 15 is 0 Å². The van der Waals surface area contributed by atoms with Crippen LogP contribution in [0.4, 0.5) is 0 Å². The number of benzene rings is 2. The Kier molecular flexibility index (Phi) is 6.18. The molecular formula is C20H17Cl2N5OS. The van der Waals surface area contributed by atoms with Crippen molar-refractivity contribution >= 4 is 35.0 Å². The lowest BCUT2D eigenvalue weighted by molar-refractivity contribution is 0.391. The molecule has 2 heterocycles. The molecule has 0 fully saturated rings. The number of nitrogens with zero attached hydrogens (tertiary/aromatic N) is 5.